The lowest BCUT2D eigenvalue weighted by molar-refractivity contribution is 0.389. The first-order valence-electron chi connectivity index (χ1n) is 14.1. The summed E-state index contributed by atoms with van der Waals surface area (Å²) in [5.74, 6) is 0.729. The minimum Gasteiger partial charge on any atom is -0.353 e. The highest BCUT2D eigenvalue weighted by Gasteiger charge is 2.27. The molecule has 0 spiro atoms. The van der Waals surface area contributed by atoms with Gasteiger partial charge in [0.05, 0.1) is 0 Å². The average molecular weight is 625 g/mol. The molecule has 0 atom stereocenters. The second-order valence-electron chi connectivity index (χ2n) is 10.5. The second-order valence-corrected chi connectivity index (χ2v) is 12.8. The van der Waals surface area contributed by atoms with Crippen molar-refractivity contribution in [3.05, 3.63) is 119 Å². The van der Waals surface area contributed by atoms with Gasteiger partial charge in [0.25, 0.3) is 0 Å². The van der Waals surface area contributed by atoms with Crippen molar-refractivity contribution in [2.24, 2.45) is 0 Å². The van der Waals surface area contributed by atoms with Gasteiger partial charge in [0.15, 0.2) is 0 Å². The van der Waals surface area contributed by atoms with Crippen molar-refractivity contribution in [1.82, 2.24) is 0 Å². The molecule has 0 amide bonds. The maximum Gasteiger partial charge on any atom is 0.500 e. The Bertz CT molecular complexity index is 1610. The largest absolute Gasteiger partial charge is 0.500 e. The van der Waals surface area contributed by atoms with E-state index in [4.69, 9.17) is 16.7 Å². The van der Waals surface area contributed by atoms with Gasteiger partial charge in [-0.15, -0.1) is 16.8 Å². The van der Waals surface area contributed by atoms with E-state index in [0.29, 0.717) is 12.8 Å². The molecule has 10 heteroatoms. The normalized spacial score (nSPS) is 12.0. The van der Waals surface area contributed by atoms with E-state index in [1.54, 1.807) is 48.5 Å². The molecule has 4 aromatic rings. The molecule has 43 heavy (non-hydrogen) atoms. The van der Waals surface area contributed by atoms with E-state index in [0.717, 1.165) is 35.1 Å². The Kier molecular flexibility index (Phi) is 10.0. The molecule has 0 aliphatic heterocycles. The van der Waals surface area contributed by atoms with Gasteiger partial charge in [-0.1, -0.05) is 101 Å². The Hall–Kier alpha value is -4.02. The molecule has 4 rings (SSSR count). The van der Waals surface area contributed by atoms with Crippen molar-refractivity contribution in [2.45, 2.75) is 58.8 Å². The lowest BCUT2D eigenvalue weighted by Crippen LogP contribution is -2.21. The number of aryl methyl sites for hydroxylation is 2. The van der Waals surface area contributed by atoms with Gasteiger partial charge in [-0.25, -0.2) is 0 Å². The second kappa shape index (κ2) is 13.5. The quantitative estimate of drug-likeness (QED) is 0.144. The Morgan fingerprint density at radius 3 is 1.26 bits per heavy atom. The van der Waals surface area contributed by atoms with Crippen LogP contribution in [-0.2, 0) is 39.1 Å². The SMILES string of the molecule is CCCc1cc(C(C)(C)c2ccc(OS(=O)(=O)Oc3ccccc3)c(CCC)c2)ccc1OS(=O)(=O)Oc1ccccc1. The summed E-state index contributed by atoms with van der Waals surface area (Å²) in [4.78, 5) is 0. The standard InChI is InChI=1S/C33H36O8S2/c1-5-13-25-23-27(19-21-31(25)40-42(34,35)38-29-15-9-7-10-16-29)33(3,4)28-20-22-32(26(24-28)14-6-2)41-43(36,37)39-30-17-11-8-12-18-30/h7-12,15-24H,5-6,13-14H2,1-4H3. The smallest absolute Gasteiger partial charge is 0.353 e. The average Bonchev–Trinajstić information content (AvgIpc) is 2.95. The molecule has 0 aliphatic rings. The number of hydrogen-bond acceptors (Lipinski definition) is 8. The highest BCUT2D eigenvalue weighted by atomic mass is 32.3. The van der Waals surface area contributed by atoms with Crippen molar-refractivity contribution in [3.8, 4) is 23.0 Å². The molecule has 228 valence electrons. The molecule has 0 heterocycles. The van der Waals surface area contributed by atoms with Gasteiger partial charge < -0.3 is 16.7 Å². The Morgan fingerprint density at radius 1 is 0.535 bits per heavy atom. The van der Waals surface area contributed by atoms with Crippen LogP contribution in [0.4, 0.5) is 0 Å². The molecule has 0 unspecified atom stereocenters. The van der Waals surface area contributed by atoms with E-state index in [2.05, 4.69) is 13.8 Å². The van der Waals surface area contributed by atoms with Gasteiger partial charge in [-0.3, -0.25) is 0 Å². The summed E-state index contributed by atoms with van der Waals surface area (Å²) < 4.78 is 71.6. The fourth-order valence-corrected chi connectivity index (χ4v) is 6.16. The van der Waals surface area contributed by atoms with Crippen molar-refractivity contribution in [1.29, 1.82) is 0 Å². The fraction of sp³-hybridized carbons (Fsp3) is 0.273. The topological polar surface area (TPSA) is 105 Å². The van der Waals surface area contributed by atoms with Crippen LogP contribution in [0.2, 0.25) is 0 Å². The third-order valence-corrected chi connectivity index (χ3v) is 8.43. The third kappa shape index (κ3) is 8.52. The van der Waals surface area contributed by atoms with Gasteiger partial charge >= 0.3 is 20.8 Å². The first-order valence-corrected chi connectivity index (χ1v) is 16.7. The van der Waals surface area contributed by atoms with Crippen LogP contribution in [0.5, 0.6) is 23.0 Å². The first kappa shape index (κ1) is 31.9. The molecule has 0 saturated carbocycles. The molecule has 0 radical (unpaired) electrons. The molecular weight excluding hydrogens is 588 g/mol. The predicted molar refractivity (Wildman–Crippen MR) is 166 cm³/mol. The van der Waals surface area contributed by atoms with Crippen molar-refractivity contribution >= 4 is 20.8 Å². The molecule has 0 fully saturated rings. The molecule has 0 aromatic heterocycles. The first-order chi connectivity index (χ1) is 20.4. The number of benzene rings is 4. The molecular formula is C33H36O8S2. The Balaban J connectivity index is 1.61. The minimum absolute atomic E-state index is 0.159. The minimum atomic E-state index is -4.35. The van der Waals surface area contributed by atoms with Crippen LogP contribution in [-0.4, -0.2) is 16.8 Å². The van der Waals surface area contributed by atoms with Gasteiger partial charge in [0.1, 0.15) is 23.0 Å². The molecule has 0 saturated heterocycles. The van der Waals surface area contributed by atoms with Crippen molar-refractivity contribution in [2.75, 3.05) is 0 Å². The van der Waals surface area contributed by atoms with Crippen molar-refractivity contribution in [3.63, 3.8) is 0 Å². The number of hydrogen-bond donors (Lipinski definition) is 0. The van der Waals surface area contributed by atoms with Crippen LogP contribution in [0.1, 0.15) is 62.8 Å². The zero-order valence-corrected chi connectivity index (χ0v) is 26.3. The zero-order chi connectivity index (χ0) is 31.1. The Labute approximate surface area is 254 Å². The molecule has 0 aliphatic carbocycles. The van der Waals surface area contributed by atoms with Crippen LogP contribution >= 0.6 is 0 Å². The maximum absolute atomic E-state index is 12.7. The summed E-state index contributed by atoms with van der Waals surface area (Å²) in [6.45, 7) is 8.10. The van der Waals surface area contributed by atoms with Crippen LogP contribution in [0.3, 0.4) is 0 Å². The van der Waals surface area contributed by atoms with Gasteiger partial charge in [0.2, 0.25) is 0 Å². The number of rotatable bonds is 14. The molecule has 8 nitrogen and oxygen atoms in total. The monoisotopic (exact) mass is 624 g/mol. The van der Waals surface area contributed by atoms with E-state index in [-0.39, 0.29) is 23.0 Å². The van der Waals surface area contributed by atoms with Crippen LogP contribution in [0, 0.1) is 0 Å². The zero-order valence-electron chi connectivity index (χ0n) is 24.6. The van der Waals surface area contributed by atoms with E-state index >= 15 is 0 Å². The van der Waals surface area contributed by atoms with Gasteiger partial charge in [0, 0.05) is 5.41 Å². The van der Waals surface area contributed by atoms with Crippen LogP contribution in [0.15, 0.2) is 97.1 Å². The van der Waals surface area contributed by atoms with Crippen molar-refractivity contribution < 1.29 is 33.6 Å². The molecule has 4 aromatic carbocycles. The summed E-state index contributed by atoms with van der Waals surface area (Å²) >= 11 is 0. The highest BCUT2D eigenvalue weighted by Crippen LogP contribution is 2.37. The lowest BCUT2D eigenvalue weighted by atomic mass is 9.76. The summed E-state index contributed by atoms with van der Waals surface area (Å²) in [5, 5.41) is 0. The van der Waals surface area contributed by atoms with E-state index in [1.807, 2.05) is 38.1 Å². The number of para-hydroxylation sites is 2. The molecule has 0 bridgehead atoms. The summed E-state index contributed by atoms with van der Waals surface area (Å²) in [5.41, 5.74) is 2.79. The van der Waals surface area contributed by atoms with Gasteiger partial charge in [-0.05, 0) is 71.5 Å². The maximum atomic E-state index is 12.7. The van der Waals surface area contributed by atoms with E-state index in [1.165, 1.54) is 24.3 Å². The highest BCUT2D eigenvalue weighted by molar-refractivity contribution is 7.82. The summed E-state index contributed by atoms with van der Waals surface area (Å²) in [6, 6.07) is 27.2. The molecule has 0 N–H and O–H groups in total. The third-order valence-electron chi connectivity index (χ3n) is 6.87. The van der Waals surface area contributed by atoms with Gasteiger partial charge in [-0.2, -0.15) is 0 Å². The van der Waals surface area contributed by atoms with Crippen LogP contribution in [0.25, 0.3) is 0 Å². The fourth-order valence-electron chi connectivity index (χ4n) is 4.64. The predicted octanol–water partition coefficient (Wildman–Crippen LogP) is 7.32. The van der Waals surface area contributed by atoms with E-state index < -0.39 is 26.2 Å². The summed E-state index contributed by atoms with van der Waals surface area (Å²) in [6.07, 6.45) is 2.72. The van der Waals surface area contributed by atoms with E-state index in [9.17, 15) is 16.8 Å². The summed E-state index contributed by atoms with van der Waals surface area (Å²) in [7, 11) is -8.71. The lowest BCUT2D eigenvalue weighted by Gasteiger charge is -2.28. The van der Waals surface area contributed by atoms with Crippen LogP contribution < -0.4 is 16.7 Å². The Morgan fingerprint density at radius 2 is 0.907 bits per heavy atom.